The summed E-state index contributed by atoms with van der Waals surface area (Å²) in [5.74, 6) is 1.53. The van der Waals surface area contributed by atoms with Crippen molar-refractivity contribution in [1.29, 1.82) is 0 Å². The minimum absolute atomic E-state index is 0. The van der Waals surface area contributed by atoms with Crippen LogP contribution in [0.25, 0.3) is 22.3 Å². The van der Waals surface area contributed by atoms with Gasteiger partial charge in [-0.3, -0.25) is 10.1 Å². The highest BCUT2D eigenvalue weighted by Gasteiger charge is 2.16. The molecule has 0 amide bonds. The summed E-state index contributed by atoms with van der Waals surface area (Å²) in [4.78, 5) is 14.3. The molecular weight excluding hydrogens is 464 g/mol. The number of benzene rings is 2. The molecular formula is C26H31ClN6O2. The van der Waals surface area contributed by atoms with Gasteiger partial charge in [0.15, 0.2) is 0 Å². The van der Waals surface area contributed by atoms with Gasteiger partial charge in [-0.05, 0) is 57.1 Å². The number of H-pyrrole nitrogens is 1. The fraction of sp³-hybridized carbons (Fsp3) is 0.346. The molecule has 1 N–H and O–H groups in total. The van der Waals surface area contributed by atoms with Crippen molar-refractivity contribution in [2.75, 3.05) is 45.3 Å². The van der Waals surface area contributed by atoms with Gasteiger partial charge < -0.3 is 19.3 Å². The molecule has 3 heterocycles. The lowest BCUT2D eigenvalue weighted by molar-refractivity contribution is 0.336. The summed E-state index contributed by atoms with van der Waals surface area (Å²) in [6.07, 6.45) is 9.03. The van der Waals surface area contributed by atoms with Crippen LogP contribution in [0, 0.1) is 0 Å². The Morgan fingerprint density at radius 2 is 1.71 bits per heavy atom. The second-order valence-corrected chi connectivity index (χ2v) is 8.54. The molecule has 0 aliphatic carbocycles. The minimum atomic E-state index is 0. The highest BCUT2D eigenvalue weighted by Crippen LogP contribution is 2.34. The van der Waals surface area contributed by atoms with Crippen LogP contribution in [0.1, 0.15) is 19.3 Å². The zero-order valence-electron chi connectivity index (χ0n) is 20.1. The van der Waals surface area contributed by atoms with Gasteiger partial charge in [0.05, 0.1) is 43.3 Å². The van der Waals surface area contributed by atoms with Gasteiger partial charge in [-0.25, -0.2) is 4.98 Å². The molecule has 1 saturated heterocycles. The molecule has 1 fully saturated rings. The van der Waals surface area contributed by atoms with Crippen LogP contribution < -0.4 is 14.4 Å². The number of rotatable bonds is 9. The van der Waals surface area contributed by atoms with E-state index >= 15 is 0 Å². The van der Waals surface area contributed by atoms with Crippen LogP contribution in [0.2, 0.25) is 0 Å². The normalized spacial score (nSPS) is 13.5. The van der Waals surface area contributed by atoms with Gasteiger partial charge >= 0.3 is 0 Å². The summed E-state index contributed by atoms with van der Waals surface area (Å²) in [5, 5.41) is 6.88. The van der Waals surface area contributed by atoms with E-state index in [1.165, 1.54) is 25.9 Å². The van der Waals surface area contributed by atoms with Gasteiger partial charge in [0.2, 0.25) is 0 Å². The number of nitrogens with one attached hydrogen (secondary N) is 1. The highest BCUT2D eigenvalue weighted by molar-refractivity contribution is 5.85. The van der Waals surface area contributed by atoms with E-state index in [-0.39, 0.29) is 12.4 Å². The van der Waals surface area contributed by atoms with Crippen molar-refractivity contribution in [3.63, 3.8) is 0 Å². The molecule has 0 saturated carbocycles. The number of hydrogen-bond donors (Lipinski definition) is 1. The first-order chi connectivity index (χ1) is 16.7. The lowest BCUT2D eigenvalue weighted by Gasteiger charge is -2.27. The fourth-order valence-electron chi connectivity index (χ4n) is 4.51. The van der Waals surface area contributed by atoms with Crippen molar-refractivity contribution in [2.24, 2.45) is 0 Å². The third-order valence-electron chi connectivity index (χ3n) is 6.33. The molecule has 35 heavy (non-hydrogen) atoms. The van der Waals surface area contributed by atoms with E-state index in [2.05, 4.69) is 49.2 Å². The molecule has 8 nitrogen and oxygen atoms in total. The Balaban J connectivity index is 0.00000289. The van der Waals surface area contributed by atoms with E-state index in [9.17, 15) is 0 Å². The first-order valence-electron chi connectivity index (χ1n) is 11.7. The van der Waals surface area contributed by atoms with Gasteiger partial charge in [-0.2, -0.15) is 5.10 Å². The van der Waals surface area contributed by atoms with Gasteiger partial charge in [0.1, 0.15) is 11.5 Å². The zero-order chi connectivity index (χ0) is 23.3. The zero-order valence-corrected chi connectivity index (χ0v) is 20.9. The fourth-order valence-corrected chi connectivity index (χ4v) is 4.51. The number of nitrogens with zero attached hydrogens (tertiary/aromatic N) is 5. The molecule has 0 radical (unpaired) electrons. The maximum atomic E-state index is 5.55. The monoisotopic (exact) mass is 494 g/mol. The summed E-state index contributed by atoms with van der Waals surface area (Å²) >= 11 is 0. The Morgan fingerprint density at radius 3 is 2.40 bits per heavy atom. The molecule has 5 rings (SSSR count). The lowest BCUT2D eigenvalue weighted by atomic mass is 10.1. The second kappa shape index (κ2) is 11.4. The van der Waals surface area contributed by atoms with Crippen molar-refractivity contribution in [3.8, 4) is 22.8 Å². The average Bonchev–Trinajstić information content (AvgIpc) is 3.60. The van der Waals surface area contributed by atoms with E-state index in [1.807, 2.05) is 18.3 Å². The van der Waals surface area contributed by atoms with E-state index in [0.29, 0.717) is 0 Å². The summed E-state index contributed by atoms with van der Waals surface area (Å²) in [6, 6.07) is 12.2. The van der Waals surface area contributed by atoms with Gasteiger partial charge in [-0.15, -0.1) is 12.4 Å². The molecule has 0 bridgehead atoms. The Bertz CT molecular complexity index is 1220. The molecule has 184 valence electrons. The number of hydrogen-bond acceptors (Lipinski definition) is 7. The van der Waals surface area contributed by atoms with E-state index in [1.54, 1.807) is 26.6 Å². The molecule has 1 aliphatic heterocycles. The maximum Gasteiger partial charge on any atom is 0.124 e. The van der Waals surface area contributed by atoms with Crippen LogP contribution in [0.5, 0.6) is 11.5 Å². The molecule has 0 unspecified atom stereocenters. The number of aromatic amines is 1. The first kappa shape index (κ1) is 24.8. The van der Waals surface area contributed by atoms with Crippen LogP contribution in [0.3, 0.4) is 0 Å². The maximum absolute atomic E-state index is 5.55. The Labute approximate surface area is 211 Å². The topological polar surface area (TPSA) is 79.4 Å². The van der Waals surface area contributed by atoms with Crippen molar-refractivity contribution >= 4 is 34.8 Å². The van der Waals surface area contributed by atoms with Gasteiger partial charge in [-0.1, -0.05) is 0 Å². The summed E-state index contributed by atoms with van der Waals surface area (Å²) in [6.45, 7) is 4.37. The van der Waals surface area contributed by atoms with Crippen LogP contribution in [-0.4, -0.2) is 65.5 Å². The van der Waals surface area contributed by atoms with Crippen LogP contribution in [0.4, 0.5) is 11.4 Å². The number of likely N-dealkylation sites (tertiary alicyclic amines) is 1. The summed E-state index contributed by atoms with van der Waals surface area (Å²) < 4.78 is 11.1. The minimum Gasteiger partial charge on any atom is -0.497 e. The van der Waals surface area contributed by atoms with Crippen molar-refractivity contribution in [1.82, 2.24) is 25.1 Å². The van der Waals surface area contributed by atoms with E-state index in [4.69, 9.17) is 14.5 Å². The Kier molecular flexibility index (Phi) is 8.05. The first-order valence-corrected chi connectivity index (χ1v) is 11.7. The number of halogens is 1. The molecule has 2 aromatic carbocycles. The number of fused-ring (bicyclic) bond motifs is 1. The van der Waals surface area contributed by atoms with Crippen molar-refractivity contribution in [3.05, 3.63) is 55.0 Å². The standard InChI is InChI=1S/C26H30N6O2.ClH/c1-33-22-12-21(13-23(15-22)34-2)32(11-5-10-31-8-3-4-9-31)20-6-7-24-25(14-20)30-26(18-27-24)19-16-28-29-17-19;/h6-7,12-18H,3-5,8-11H2,1-2H3,(H,28,29);1H. The number of aromatic nitrogens is 4. The van der Waals surface area contributed by atoms with Crippen molar-refractivity contribution in [2.45, 2.75) is 19.3 Å². The van der Waals surface area contributed by atoms with E-state index in [0.717, 1.165) is 64.7 Å². The lowest BCUT2D eigenvalue weighted by Crippen LogP contribution is -2.26. The molecule has 0 spiro atoms. The number of ether oxygens (including phenoxy) is 2. The number of anilines is 2. The second-order valence-electron chi connectivity index (χ2n) is 8.54. The smallest absolute Gasteiger partial charge is 0.124 e. The molecule has 1 aliphatic rings. The SMILES string of the molecule is COc1cc(OC)cc(N(CCCN2CCCC2)c2ccc3ncc(-c4cn[nH]c4)nc3c2)c1.Cl. The van der Waals surface area contributed by atoms with Gasteiger partial charge in [0.25, 0.3) is 0 Å². The molecule has 2 aromatic heterocycles. The highest BCUT2D eigenvalue weighted by atomic mass is 35.5. The quantitative estimate of drug-likeness (QED) is 0.347. The average molecular weight is 495 g/mol. The number of methoxy groups -OCH3 is 2. The van der Waals surface area contributed by atoms with Crippen molar-refractivity contribution < 1.29 is 9.47 Å². The predicted molar refractivity (Wildman–Crippen MR) is 141 cm³/mol. The largest absolute Gasteiger partial charge is 0.497 e. The third-order valence-corrected chi connectivity index (χ3v) is 6.33. The van der Waals surface area contributed by atoms with Gasteiger partial charge in [0, 0.05) is 47.9 Å². The van der Waals surface area contributed by atoms with Crippen LogP contribution in [0.15, 0.2) is 55.0 Å². The van der Waals surface area contributed by atoms with E-state index < -0.39 is 0 Å². The Hall–Kier alpha value is -3.36. The Morgan fingerprint density at radius 1 is 0.943 bits per heavy atom. The predicted octanol–water partition coefficient (Wildman–Crippen LogP) is 5.08. The van der Waals surface area contributed by atoms with Crippen LogP contribution >= 0.6 is 12.4 Å². The molecule has 4 aromatic rings. The summed E-state index contributed by atoms with van der Waals surface area (Å²) in [7, 11) is 3.36. The molecule has 0 atom stereocenters. The summed E-state index contributed by atoms with van der Waals surface area (Å²) in [5.41, 5.74) is 5.49. The molecule has 9 heteroatoms. The third kappa shape index (κ3) is 5.66. The van der Waals surface area contributed by atoms with Crippen LogP contribution in [-0.2, 0) is 0 Å².